The second kappa shape index (κ2) is 12.6. The molecule has 1 saturated heterocycles. The number of rotatable bonds is 6. The molecule has 0 bridgehead atoms. The molecule has 0 aliphatic carbocycles. The third-order valence-electron chi connectivity index (χ3n) is 5.36. The standard InChI is InChI=1S/C23H32N4O3S.HI/c1-3-24-23(26-18-7-8-20-21(14-18)30-11-5-10-29-20)25-15-19(22-6-4-13-31-22)27-9-12-28-17(2)16-27;/h4,6-8,13-14,17,19H,3,5,9-12,15-16H2,1-2H3,(H2,24,25,26);1H. The fourth-order valence-corrected chi connectivity index (χ4v) is 4.71. The quantitative estimate of drug-likeness (QED) is 0.305. The molecule has 1 fully saturated rings. The number of ether oxygens (including phenoxy) is 3. The van der Waals surface area contributed by atoms with E-state index in [0.717, 1.165) is 55.8 Å². The van der Waals surface area contributed by atoms with E-state index in [1.807, 2.05) is 18.2 Å². The molecular weight excluding hydrogens is 539 g/mol. The first-order valence-corrected chi connectivity index (χ1v) is 11.9. The Kier molecular flexibility index (Phi) is 9.89. The SMILES string of the molecule is CCNC(=NCC(c1cccs1)N1CCOC(C)C1)Nc1ccc2c(c1)OCCCO2.I. The minimum atomic E-state index is 0. The topological polar surface area (TPSA) is 67.4 Å². The van der Waals surface area contributed by atoms with Crippen molar-refractivity contribution >= 4 is 47.0 Å². The van der Waals surface area contributed by atoms with Crippen molar-refractivity contribution in [1.82, 2.24) is 10.2 Å². The summed E-state index contributed by atoms with van der Waals surface area (Å²) in [6, 6.07) is 10.5. The van der Waals surface area contributed by atoms with Crippen molar-refractivity contribution in [3.8, 4) is 11.5 Å². The van der Waals surface area contributed by atoms with E-state index >= 15 is 0 Å². The molecule has 2 aliphatic rings. The third-order valence-corrected chi connectivity index (χ3v) is 6.34. The first kappa shape index (κ1) is 25.1. The van der Waals surface area contributed by atoms with Crippen LogP contribution in [0.3, 0.4) is 0 Å². The molecular formula is C23H33IN4O3S. The molecule has 32 heavy (non-hydrogen) atoms. The van der Waals surface area contributed by atoms with Gasteiger partial charge in [0.05, 0.1) is 38.5 Å². The normalized spacial score (nSPS) is 20.1. The Morgan fingerprint density at radius 3 is 2.81 bits per heavy atom. The number of hydrogen-bond donors (Lipinski definition) is 2. The van der Waals surface area contributed by atoms with E-state index in [1.165, 1.54) is 4.88 Å². The van der Waals surface area contributed by atoms with E-state index in [2.05, 4.69) is 46.9 Å². The van der Waals surface area contributed by atoms with Crippen molar-refractivity contribution in [3.63, 3.8) is 0 Å². The molecule has 2 unspecified atom stereocenters. The average Bonchev–Trinajstić information content (AvgIpc) is 3.19. The van der Waals surface area contributed by atoms with E-state index in [-0.39, 0.29) is 36.1 Å². The first-order valence-electron chi connectivity index (χ1n) is 11.1. The molecule has 3 heterocycles. The molecule has 2 N–H and O–H groups in total. The molecule has 0 saturated carbocycles. The van der Waals surface area contributed by atoms with E-state index in [4.69, 9.17) is 19.2 Å². The lowest BCUT2D eigenvalue weighted by Gasteiger charge is -2.36. The van der Waals surface area contributed by atoms with Gasteiger partial charge in [-0.3, -0.25) is 9.89 Å². The summed E-state index contributed by atoms with van der Waals surface area (Å²) in [5, 5.41) is 8.93. The smallest absolute Gasteiger partial charge is 0.195 e. The second-order valence-corrected chi connectivity index (χ2v) is 8.74. The van der Waals surface area contributed by atoms with Gasteiger partial charge in [0.15, 0.2) is 17.5 Å². The zero-order chi connectivity index (χ0) is 21.5. The van der Waals surface area contributed by atoms with E-state index in [0.29, 0.717) is 19.8 Å². The Morgan fingerprint density at radius 1 is 1.22 bits per heavy atom. The summed E-state index contributed by atoms with van der Waals surface area (Å²) >= 11 is 1.79. The Hall–Kier alpha value is -1.56. The van der Waals surface area contributed by atoms with Gasteiger partial charge in [0.2, 0.25) is 0 Å². The highest BCUT2D eigenvalue weighted by Gasteiger charge is 2.26. The van der Waals surface area contributed by atoms with Gasteiger partial charge < -0.3 is 24.8 Å². The number of thiophene rings is 1. The molecule has 0 radical (unpaired) electrons. The fraction of sp³-hybridized carbons (Fsp3) is 0.522. The number of guanidine groups is 1. The van der Waals surface area contributed by atoms with Crippen LogP contribution in [0.15, 0.2) is 40.7 Å². The number of halogens is 1. The first-order chi connectivity index (χ1) is 15.2. The molecule has 0 spiro atoms. The molecule has 9 heteroatoms. The van der Waals surface area contributed by atoms with Crippen molar-refractivity contribution in [1.29, 1.82) is 0 Å². The van der Waals surface area contributed by atoms with Crippen LogP contribution in [0.4, 0.5) is 5.69 Å². The van der Waals surface area contributed by atoms with Crippen molar-refractivity contribution in [2.75, 3.05) is 51.3 Å². The predicted molar refractivity (Wildman–Crippen MR) is 141 cm³/mol. The van der Waals surface area contributed by atoms with Gasteiger partial charge in [-0.25, -0.2) is 0 Å². The Labute approximate surface area is 211 Å². The fourth-order valence-electron chi connectivity index (χ4n) is 3.86. The maximum atomic E-state index is 5.82. The summed E-state index contributed by atoms with van der Waals surface area (Å²) in [5.41, 5.74) is 0.927. The van der Waals surface area contributed by atoms with Crippen molar-refractivity contribution in [2.45, 2.75) is 32.4 Å². The summed E-state index contributed by atoms with van der Waals surface area (Å²) in [7, 11) is 0. The van der Waals surface area contributed by atoms with Gasteiger partial charge >= 0.3 is 0 Å². The summed E-state index contributed by atoms with van der Waals surface area (Å²) < 4.78 is 17.3. The number of hydrogen-bond acceptors (Lipinski definition) is 6. The van der Waals surface area contributed by atoms with Crippen molar-refractivity contribution < 1.29 is 14.2 Å². The molecule has 7 nitrogen and oxygen atoms in total. The highest BCUT2D eigenvalue weighted by molar-refractivity contribution is 14.0. The van der Waals surface area contributed by atoms with Crippen LogP contribution in [-0.4, -0.2) is 63.0 Å². The molecule has 2 aromatic rings. The molecule has 0 amide bonds. The summed E-state index contributed by atoms with van der Waals surface area (Å²) in [6.45, 7) is 9.64. The average molecular weight is 573 g/mol. The number of benzene rings is 1. The lowest BCUT2D eigenvalue weighted by Crippen LogP contribution is -2.44. The van der Waals surface area contributed by atoms with Gasteiger partial charge in [0.1, 0.15) is 0 Å². The van der Waals surface area contributed by atoms with Crippen LogP contribution in [0.5, 0.6) is 11.5 Å². The van der Waals surface area contributed by atoms with Crippen LogP contribution in [-0.2, 0) is 4.74 Å². The summed E-state index contributed by atoms with van der Waals surface area (Å²) in [4.78, 5) is 8.77. The van der Waals surface area contributed by atoms with Gasteiger partial charge in [0.25, 0.3) is 0 Å². The molecule has 2 aliphatic heterocycles. The van der Waals surface area contributed by atoms with Crippen LogP contribution >= 0.6 is 35.3 Å². The largest absolute Gasteiger partial charge is 0.490 e. The third kappa shape index (κ3) is 6.72. The second-order valence-electron chi connectivity index (χ2n) is 7.76. The lowest BCUT2D eigenvalue weighted by molar-refractivity contribution is -0.0327. The Morgan fingerprint density at radius 2 is 2.06 bits per heavy atom. The van der Waals surface area contributed by atoms with Gasteiger partial charge in [-0.2, -0.15) is 0 Å². The van der Waals surface area contributed by atoms with Crippen LogP contribution in [0.1, 0.15) is 31.2 Å². The summed E-state index contributed by atoms with van der Waals surface area (Å²) in [5.74, 6) is 2.33. The highest BCUT2D eigenvalue weighted by atomic mass is 127. The molecule has 2 atom stereocenters. The van der Waals surface area contributed by atoms with Crippen molar-refractivity contribution in [2.24, 2.45) is 4.99 Å². The minimum Gasteiger partial charge on any atom is -0.490 e. The zero-order valence-corrected chi connectivity index (χ0v) is 21.9. The monoisotopic (exact) mass is 572 g/mol. The van der Waals surface area contributed by atoms with Crippen molar-refractivity contribution in [3.05, 3.63) is 40.6 Å². The molecule has 4 rings (SSSR count). The van der Waals surface area contributed by atoms with E-state index < -0.39 is 0 Å². The predicted octanol–water partition coefficient (Wildman–Crippen LogP) is 4.37. The van der Waals surface area contributed by atoms with Gasteiger partial charge in [-0.15, -0.1) is 35.3 Å². The van der Waals surface area contributed by atoms with E-state index in [1.54, 1.807) is 11.3 Å². The number of anilines is 1. The van der Waals surface area contributed by atoms with Gasteiger partial charge in [-0.1, -0.05) is 6.07 Å². The number of morpholine rings is 1. The summed E-state index contributed by atoms with van der Waals surface area (Å²) in [6.07, 6.45) is 1.14. The molecule has 176 valence electrons. The lowest BCUT2D eigenvalue weighted by atomic mass is 10.1. The minimum absolute atomic E-state index is 0. The Bertz CT molecular complexity index is 865. The van der Waals surface area contributed by atoms with Crippen LogP contribution in [0.2, 0.25) is 0 Å². The maximum absolute atomic E-state index is 5.82. The molecule has 1 aromatic heterocycles. The van der Waals surface area contributed by atoms with Crippen LogP contribution < -0.4 is 20.1 Å². The molecule has 1 aromatic carbocycles. The number of fused-ring (bicyclic) bond motifs is 1. The number of nitrogens with one attached hydrogen (secondary N) is 2. The number of aliphatic imine (C=N–C) groups is 1. The zero-order valence-electron chi connectivity index (χ0n) is 18.7. The maximum Gasteiger partial charge on any atom is 0.195 e. The van der Waals surface area contributed by atoms with E-state index in [9.17, 15) is 0 Å². The van der Waals surface area contributed by atoms with Gasteiger partial charge in [0, 0.05) is 42.7 Å². The Balaban J connectivity index is 0.00000289. The van der Waals surface area contributed by atoms with Crippen LogP contribution in [0, 0.1) is 0 Å². The highest BCUT2D eigenvalue weighted by Crippen LogP contribution is 2.32. The number of nitrogens with zero attached hydrogens (tertiary/aromatic N) is 2. The van der Waals surface area contributed by atoms with Gasteiger partial charge in [-0.05, 0) is 37.4 Å². The van der Waals surface area contributed by atoms with Crippen LogP contribution in [0.25, 0.3) is 0 Å².